The van der Waals surface area contributed by atoms with Crippen molar-refractivity contribution in [1.29, 1.82) is 0 Å². The van der Waals surface area contributed by atoms with E-state index in [4.69, 9.17) is 0 Å². The number of likely N-dealkylation sites (tertiary alicyclic amines) is 1. The molecule has 1 heterocycles. The van der Waals surface area contributed by atoms with Crippen LogP contribution in [0.5, 0.6) is 0 Å². The van der Waals surface area contributed by atoms with Crippen molar-refractivity contribution < 1.29 is 31.5 Å². The number of rotatable bonds is 10. The van der Waals surface area contributed by atoms with Crippen LogP contribution in [-0.2, 0) is 27.8 Å². The van der Waals surface area contributed by atoms with Crippen molar-refractivity contribution in [3.63, 3.8) is 0 Å². The number of hydrogen-bond donors (Lipinski definition) is 0. The normalized spacial score (nSPS) is 17.1. The van der Waals surface area contributed by atoms with Crippen LogP contribution in [0.15, 0.2) is 108 Å². The number of benzene rings is 3. The fraction of sp³-hybridized carbons (Fsp3) is 0.233. The number of nitrogens with zero attached hydrogens (tertiary/aromatic N) is 3. The molecule has 0 saturated carbocycles. The molecule has 0 aliphatic carbocycles. The van der Waals surface area contributed by atoms with E-state index in [0.29, 0.717) is 23.5 Å². The zero-order valence-corrected chi connectivity index (χ0v) is 21.4. The third-order valence-corrected chi connectivity index (χ3v) is 6.26. The smallest absolute Gasteiger partial charge is 0.861 e. The molecule has 4 rings (SSSR count). The van der Waals surface area contributed by atoms with Crippen molar-refractivity contribution in [3.8, 4) is 0 Å². The van der Waals surface area contributed by atoms with Crippen LogP contribution < -0.4 is 10.2 Å². The van der Waals surface area contributed by atoms with Gasteiger partial charge in [0.15, 0.2) is 0 Å². The van der Waals surface area contributed by atoms with Crippen LogP contribution in [0.1, 0.15) is 36.0 Å². The molecule has 0 spiro atoms. The summed E-state index contributed by atoms with van der Waals surface area (Å²) in [5.74, 6) is -1.48. The van der Waals surface area contributed by atoms with Crippen LogP contribution in [0.4, 0.5) is 5.69 Å². The molecule has 0 bridgehead atoms. The summed E-state index contributed by atoms with van der Waals surface area (Å²) in [6, 6.07) is 25.2. The molecule has 2 atom stereocenters. The van der Waals surface area contributed by atoms with Crippen molar-refractivity contribution in [2.75, 3.05) is 6.54 Å². The standard InChI is InChI=1S/C30H31N3O3.Ni/c1-2-12-26(30(35)36)31-28(23-15-7-4-8-16-23)24-17-9-10-18-25(24)32-29(34)27-19-11-20-33(27)21-22-13-5-3-6-14-22;/h2-10,13-18,26-27H,1,11-12,19-21H2,(H,32,34)(H,35,36);/q;+2/p-2/t26-,27-;/m0./s1. The van der Waals surface area contributed by atoms with E-state index in [2.05, 4.69) is 33.6 Å². The van der Waals surface area contributed by atoms with Crippen LogP contribution in [-0.4, -0.2) is 41.1 Å². The van der Waals surface area contributed by atoms with Crippen LogP contribution in [0.2, 0.25) is 0 Å². The van der Waals surface area contributed by atoms with Gasteiger partial charge in [-0.05, 0) is 43.3 Å². The summed E-state index contributed by atoms with van der Waals surface area (Å²) < 4.78 is 0. The molecule has 1 aliphatic rings. The van der Waals surface area contributed by atoms with Gasteiger partial charge in [-0.1, -0.05) is 84.9 Å². The fourth-order valence-electron chi connectivity index (χ4n) is 4.49. The summed E-state index contributed by atoms with van der Waals surface area (Å²) in [7, 11) is 0. The van der Waals surface area contributed by atoms with Gasteiger partial charge in [0.1, 0.15) is 0 Å². The van der Waals surface area contributed by atoms with E-state index >= 15 is 0 Å². The summed E-state index contributed by atoms with van der Waals surface area (Å²) in [4.78, 5) is 23.0. The van der Waals surface area contributed by atoms with Gasteiger partial charge in [-0.25, -0.2) is 0 Å². The maximum atomic E-state index is 13.4. The monoisotopic (exact) mass is 537 g/mol. The predicted molar refractivity (Wildman–Crippen MR) is 139 cm³/mol. The fourth-order valence-corrected chi connectivity index (χ4v) is 4.49. The first kappa shape index (κ1) is 28.0. The van der Waals surface area contributed by atoms with E-state index in [-0.39, 0.29) is 34.9 Å². The first-order valence-corrected chi connectivity index (χ1v) is 12.1. The molecular weight excluding hydrogens is 509 g/mol. The number of aliphatic imine (C=N–C) groups is 2. The number of carboxylic acids is 1. The Kier molecular flexibility index (Phi) is 10.4. The summed E-state index contributed by atoms with van der Waals surface area (Å²) in [6.45, 7) is 5.18. The van der Waals surface area contributed by atoms with Gasteiger partial charge in [0, 0.05) is 23.7 Å². The third kappa shape index (κ3) is 7.25. The summed E-state index contributed by atoms with van der Waals surface area (Å²) >= 11 is 0. The van der Waals surface area contributed by atoms with Crippen molar-refractivity contribution in [3.05, 3.63) is 114 Å². The van der Waals surface area contributed by atoms with Crippen LogP contribution in [0.3, 0.4) is 0 Å². The molecule has 192 valence electrons. The molecular formula is C30H29N3NiO3. The molecule has 0 N–H and O–H groups in total. The van der Waals surface area contributed by atoms with E-state index < -0.39 is 12.0 Å². The molecule has 0 aromatic heterocycles. The second-order valence-electron chi connectivity index (χ2n) is 8.78. The topological polar surface area (TPSA) is 91.2 Å². The van der Waals surface area contributed by atoms with Gasteiger partial charge >= 0.3 is 16.5 Å². The Hall–Kier alpha value is -3.54. The predicted octanol–water partition coefficient (Wildman–Crippen LogP) is 3.27. The summed E-state index contributed by atoms with van der Waals surface area (Å²) in [6.07, 6.45) is 3.33. The Balaban J connectivity index is 0.00000380. The van der Waals surface area contributed by atoms with Gasteiger partial charge in [-0.2, -0.15) is 0 Å². The Morgan fingerprint density at radius 2 is 1.65 bits per heavy atom. The van der Waals surface area contributed by atoms with E-state index in [0.717, 1.165) is 30.5 Å². The van der Waals surface area contributed by atoms with Crippen molar-refractivity contribution in [2.45, 2.75) is 37.9 Å². The number of carboxylic acid groups (broad SMARTS) is 1. The molecule has 0 unspecified atom stereocenters. The first-order chi connectivity index (χ1) is 17.6. The molecule has 1 fully saturated rings. The maximum Gasteiger partial charge on any atom is 2.00 e. The van der Waals surface area contributed by atoms with Crippen LogP contribution >= 0.6 is 0 Å². The van der Waals surface area contributed by atoms with Gasteiger partial charge < -0.3 is 15.0 Å². The zero-order valence-electron chi connectivity index (χ0n) is 20.4. The average Bonchev–Trinajstić information content (AvgIpc) is 3.36. The SMILES string of the molecule is C=CC[C@H](N=C(c1ccccc1)c1ccccc1N=C([O-])[C@@H]1CCCN1Cc1ccccc1)C(=O)[O-].[Ni+2]. The third-order valence-electron chi connectivity index (χ3n) is 6.26. The Labute approximate surface area is 228 Å². The minimum Gasteiger partial charge on any atom is -0.861 e. The average molecular weight is 538 g/mol. The molecule has 6 nitrogen and oxygen atoms in total. The van der Waals surface area contributed by atoms with Crippen LogP contribution in [0, 0.1) is 0 Å². The molecule has 3 aromatic rings. The Morgan fingerprint density at radius 3 is 2.32 bits per heavy atom. The van der Waals surface area contributed by atoms with Gasteiger partial charge in [0.2, 0.25) is 0 Å². The van der Waals surface area contributed by atoms with Crippen molar-refractivity contribution in [2.24, 2.45) is 9.98 Å². The first-order valence-electron chi connectivity index (χ1n) is 12.1. The van der Waals surface area contributed by atoms with E-state index in [1.54, 1.807) is 6.07 Å². The zero-order chi connectivity index (χ0) is 25.3. The number of carbonyl (C=O) groups excluding carboxylic acids is 1. The molecule has 0 amide bonds. The quantitative estimate of drug-likeness (QED) is 0.172. The largest absolute Gasteiger partial charge is 2.00 e. The molecule has 37 heavy (non-hydrogen) atoms. The van der Waals surface area contributed by atoms with E-state index in [1.165, 1.54) is 6.08 Å². The van der Waals surface area contributed by atoms with E-state index in [9.17, 15) is 15.0 Å². The van der Waals surface area contributed by atoms with Crippen molar-refractivity contribution in [1.82, 2.24) is 4.90 Å². The number of hydrogen-bond acceptors (Lipinski definition) is 6. The van der Waals surface area contributed by atoms with Gasteiger partial charge in [0.25, 0.3) is 0 Å². The minimum absolute atomic E-state index is 0. The van der Waals surface area contributed by atoms with Crippen molar-refractivity contribution >= 4 is 23.3 Å². The van der Waals surface area contributed by atoms with Gasteiger partial charge in [-0.3, -0.25) is 14.9 Å². The molecule has 7 heteroatoms. The molecule has 1 saturated heterocycles. The Morgan fingerprint density at radius 1 is 1.00 bits per heavy atom. The summed E-state index contributed by atoms with van der Waals surface area (Å²) in [5, 5.41) is 25.2. The van der Waals surface area contributed by atoms with Gasteiger partial charge in [-0.15, -0.1) is 6.58 Å². The van der Waals surface area contributed by atoms with Gasteiger partial charge in [0.05, 0.1) is 23.4 Å². The van der Waals surface area contributed by atoms with E-state index in [1.807, 2.05) is 66.7 Å². The molecule has 3 aromatic carbocycles. The second kappa shape index (κ2) is 13.7. The second-order valence-corrected chi connectivity index (χ2v) is 8.78. The molecule has 0 radical (unpaired) electrons. The maximum absolute atomic E-state index is 13.4. The summed E-state index contributed by atoms with van der Waals surface area (Å²) in [5.41, 5.74) is 3.40. The van der Waals surface area contributed by atoms with Crippen LogP contribution in [0.25, 0.3) is 0 Å². The number of para-hydroxylation sites is 1. The minimum atomic E-state index is -1.28. The molecule has 1 aliphatic heterocycles. The number of aliphatic carboxylic acids is 1. The Bertz CT molecular complexity index is 1250. The number of carbonyl (C=O) groups is 1.